The summed E-state index contributed by atoms with van der Waals surface area (Å²) < 4.78 is 27.1. The van der Waals surface area contributed by atoms with Gasteiger partial charge in [-0.05, 0) is 11.6 Å². The first-order valence-corrected chi connectivity index (χ1v) is 9.52. The molecule has 0 amide bonds. The zero-order valence-electron chi connectivity index (χ0n) is 11.7. The van der Waals surface area contributed by atoms with Gasteiger partial charge in [0, 0.05) is 12.3 Å². The van der Waals surface area contributed by atoms with Crippen LogP contribution in [0.1, 0.15) is 5.56 Å². The molecule has 2 atom stereocenters. The number of hydrogen-bond donors (Lipinski definition) is 2. The maximum atomic E-state index is 12.2. The van der Waals surface area contributed by atoms with E-state index in [1.165, 1.54) is 0 Å². The lowest BCUT2D eigenvalue weighted by atomic mass is 10.1. The normalized spacial score (nSPS) is 24.2. The fourth-order valence-electron chi connectivity index (χ4n) is 2.64. The van der Waals surface area contributed by atoms with Crippen molar-refractivity contribution >= 4 is 27.8 Å². The summed E-state index contributed by atoms with van der Waals surface area (Å²) in [6.07, 6.45) is 1.66. The Balaban J connectivity index is 1.63. The second kappa shape index (κ2) is 5.94. The zero-order valence-corrected chi connectivity index (χ0v) is 13.3. The van der Waals surface area contributed by atoms with E-state index in [9.17, 15) is 13.2 Å². The molecule has 3 rings (SSSR count). The summed E-state index contributed by atoms with van der Waals surface area (Å²) in [7, 11) is -3.44. The van der Waals surface area contributed by atoms with Gasteiger partial charge in [-0.1, -0.05) is 30.3 Å². The van der Waals surface area contributed by atoms with Crippen LogP contribution >= 0.6 is 11.8 Å². The van der Waals surface area contributed by atoms with Crippen molar-refractivity contribution in [2.24, 2.45) is 0 Å². The van der Waals surface area contributed by atoms with Crippen molar-refractivity contribution in [2.45, 2.75) is 17.2 Å². The maximum Gasteiger partial charge on any atom is 0.351 e. The molecular formula is C14H16N2O4S2. The van der Waals surface area contributed by atoms with Crippen molar-refractivity contribution in [3.63, 3.8) is 0 Å². The van der Waals surface area contributed by atoms with E-state index < -0.39 is 16.0 Å². The van der Waals surface area contributed by atoms with Gasteiger partial charge in [-0.25, -0.2) is 17.9 Å². The smallest absolute Gasteiger partial charge is 0.351 e. The van der Waals surface area contributed by atoms with E-state index in [1.54, 1.807) is 47.0 Å². The number of carbonyl (C=O) groups is 1. The largest absolute Gasteiger partial charge is 0.477 e. The van der Waals surface area contributed by atoms with Crippen LogP contribution in [0.5, 0.6) is 0 Å². The number of sulfonamides is 1. The highest BCUT2D eigenvalue weighted by Gasteiger charge is 2.45. The summed E-state index contributed by atoms with van der Waals surface area (Å²) in [6, 6.07) is 8.74. The van der Waals surface area contributed by atoms with E-state index in [2.05, 4.69) is 4.72 Å². The SMILES string of the molecule is O=C(O)C1=CCSC2C(NS(=O)(=O)Cc3ccccc3)CN12. The van der Waals surface area contributed by atoms with Crippen LogP contribution in [0.4, 0.5) is 0 Å². The molecule has 22 heavy (non-hydrogen) atoms. The van der Waals surface area contributed by atoms with Gasteiger partial charge in [0.2, 0.25) is 10.0 Å². The molecule has 0 radical (unpaired) electrons. The molecule has 2 aliphatic heterocycles. The number of fused-ring (bicyclic) bond motifs is 1. The third-order valence-electron chi connectivity index (χ3n) is 3.65. The molecule has 1 fully saturated rings. The van der Waals surface area contributed by atoms with Gasteiger partial charge in [-0.15, -0.1) is 11.8 Å². The molecule has 2 heterocycles. The van der Waals surface area contributed by atoms with Gasteiger partial charge in [0.25, 0.3) is 0 Å². The Kier molecular flexibility index (Phi) is 4.16. The molecule has 0 aliphatic carbocycles. The van der Waals surface area contributed by atoms with Crippen molar-refractivity contribution in [3.8, 4) is 0 Å². The van der Waals surface area contributed by atoms with E-state index >= 15 is 0 Å². The Bertz CT molecular complexity index is 703. The van der Waals surface area contributed by atoms with Gasteiger partial charge in [0.05, 0.1) is 17.2 Å². The van der Waals surface area contributed by atoms with Gasteiger partial charge in [0.15, 0.2) is 0 Å². The lowest BCUT2D eigenvalue weighted by Gasteiger charge is -2.50. The monoisotopic (exact) mass is 340 g/mol. The van der Waals surface area contributed by atoms with Crippen LogP contribution in [0.15, 0.2) is 42.1 Å². The lowest BCUT2D eigenvalue weighted by Crippen LogP contribution is -2.66. The minimum Gasteiger partial charge on any atom is -0.477 e. The van der Waals surface area contributed by atoms with E-state index in [0.29, 0.717) is 12.3 Å². The molecule has 8 heteroatoms. The Morgan fingerprint density at radius 1 is 1.36 bits per heavy atom. The first kappa shape index (κ1) is 15.4. The average Bonchev–Trinajstić information content (AvgIpc) is 2.45. The first-order chi connectivity index (χ1) is 10.5. The van der Waals surface area contributed by atoms with Crippen LogP contribution < -0.4 is 4.72 Å². The van der Waals surface area contributed by atoms with Crippen LogP contribution in [0, 0.1) is 0 Å². The third-order valence-corrected chi connectivity index (χ3v) is 6.31. The summed E-state index contributed by atoms with van der Waals surface area (Å²) in [5, 5.41) is 8.98. The first-order valence-electron chi connectivity index (χ1n) is 6.82. The highest BCUT2D eigenvalue weighted by Crippen LogP contribution is 2.36. The second-order valence-corrected chi connectivity index (χ2v) is 8.14. The summed E-state index contributed by atoms with van der Waals surface area (Å²) >= 11 is 1.55. The van der Waals surface area contributed by atoms with Crippen molar-refractivity contribution in [1.29, 1.82) is 0 Å². The lowest BCUT2D eigenvalue weighted by molar-refractivity contribution is -0.135. The minimum atomic E-state index is -3.44. The second-order valence-electron chi connectivity index (χ2n) is 5.24. The summed E-state index contributed by atoms with van der Waals surface area (Å²) in [5.41, 5.74) is 0.996. The number of thioether (sulfide) groups is 1. The van der Waals surface area contributed by atoms with Crippen LogP contribution in [0.25, 0.3) is 0 Å². The van der Waals surface area contributed by atoms with Gasteiger partial charge in [-0.3, -0.25) is 0 Å². The van der Waals surface area contributed by atoms with Crippen molar-refractivity contribution in [2.75, 3.05) is 12.3 Å². The predicted octanol–water partition coefficient (Wildman–Crippen LogP) is 0.832. The number of carboxylic acid groups (broad SMARTS) is 1. The van der Waals surface area contributed by atoms with Crippen molar-refractivity contribution < 1.29 is 18.3 Å². The van der Waals surface area contributed by atoms with Gasteiger partial charge >= 0.3 is 5.97 Å². The van der Waals surface area contributed by atoms with E-state index in [4.69, 9.17) is 5.11 Å². The molecule has 1 saturated heterocycles. The van der Waals surface area contributed by atoms with Crippen molar-refractivity contribution in [1.82, 2.24) is 9.62 Å². The highest BCUT2D eigenvalue weighted by molar-refractivity contribution is 8.00. The van der Waals surface area contributed by atoms with E-state index in [0.717, 1.165) is 5.56 Å². The molecule has 0 saturated carbocycles. The van der Waals surface area contributed by atoms with Crippen LogP contribution in [-0.2, 0) is 20.6 Å². The number of nitrogens with one attached hydrogen (secondary N) is 1. The quantitative estimate of drug-likeness (QED) is 0.826. The topological polar surface area (TPSA) is 86.7 Å². The minimum absolute atomic E-state index is 0.0661. The van der Waals surface area contributed by atoms with Crippen molar-refractivity contribution in [3.05, 3.63) is 47.7 Å². The number of nitrogens with zero attached hydrogens (tertiary/aromatic N) is 1. The molecule has 1 aromatic rings. The number of carboxylic acids is 1. The van der Waals surface area contributed by atoms with E-state index in [-0.39, 0.29) is 22.9 Å². The van der Waals surface area contributed by atoms with Gasteiger partial charge < -0.3 is 10.0 Å². The summed E-state index contributed by atoms with van der Waals surface area (Å²) in [4.78, 5) is 12.8. The molecule has 1 aromatic carbocycles. The van der Waals surface area contributed by atoms with Gasteiger partial charge in [0.1, 0.15) is 5.70 Å². The number of benzene rings is 1. The van der Waals surface area contributed by atoms with Crippen LogP contribution in [-0.4, -0.2) is 48.1 Å². The Hall–Kier alpha value is -1.51. The molecule has 0 bridgehead atoms. The number of rotatable bonds is 5. The van der Waals surface area contributed by atoms with E-state index in [1.807, 2.05) is 6.07 Å². The maximum absolute atomic E-state index is 12.2. The summed E-state index contributed by atoms with van der Waals surface area (Å²) in [6.45, 7) is 0.393. The van der Waals surface area contributed by atoms with Crippen LogP contribution in [0.3, 0.4) is 0 Å². The fourth-order valence-corrected chi connectivity index (χ4v) is 5.32. The predicted molar refractivity (Wildman–Crippen MR) is 84.7 cm³/mol. The standard InChI is InChI=1S/C14H16N2O4S2/c17-14(18)12-6-7-21-13-11(8-16(12)13)15-22(19,20)9-10-4-2-1-3-5-10/h1-6,11,13,15H,7-9H2,(H,17,18). The Morgan fingerprint density at radius 2 is 2.09 bits per heavy atom. The number of aliphatic carboxylic acids is 1. The van der Waals surface area contributed by atoms with Crippen LogP contribution in [0.2, 0.25) is 0 Å². The zero-order chi connectivity index (χ0) is 15.7. The Labute approximate surface area is 133 Å². The highest BCUT2D eigenvalue weighted by atomic mass is 32.2. The fraction of sp³-hybridized carbons (Fsp3) is 0.357. The van der Waals surface area contributed by atoms with Gasteiger partial charge in [-0.2, -0.15) is 0 Å². The molecule has 2 N–H and O–H groups in total. The molecule has 2 aliphatic rings. The number of hydrogen-bond acceptors (Lipinski definition) is 5. The molecule has 0 aromatic heterocycles. The average molecular weight is 340 g/mol. The third kappa shape index (κ3) is 3.13. The molecular weight excluding hydrogens is 324 g/mol. The summed E-state index contributed by atoms with van der Waals surface area (Å²) in [5.74, 6) is -0.445. The Morgan fingerprint density at radius 3 is 2.77 bits per heavy atom. The molecule has 2 unspecified atom stereocenters. The molecule has 6 nitrogen and oxygen atoms in total. The molecule has 0 spiro atoms. The molecule has 118 valence electrons.